The maximum Gasteiger partial charge on any atom is 0.255 e. The van der Waals surface area contributed by atoms with Crippen LogP contribution in [0.15, 0.2) is 73.2 Å². The number of imidazole rings is 1. The molecule has 0 unspecified atom stereocenters. The van der Waals surface area contributed by atoms with E-state index in [-0.39, 0.29) is 11.7 Å². The number of anilines is 4. The van der Waals surface area contributed by atoms with Crippen molar-refractivity contribution in [1.29, 1.82) is 0 Å². The van der Waals surface area contributed by atoms with E-state index in [4.69, 9.17) is 5.73 Å². The first-order valence-corrected chi connectivity index (χ1v) is 10.7. The molecule has 0 bridgehead atoms. The third kappa shape index (κ3) is 3.77. The predicted molar refractivity (Wildman–Crippen MR) is 127 cm³/mol. The van der Waals surface area contributed by atoms with Gasteiger partial charge in [0.05, 0.1) is 22.0 Å². The van der Waals surface area contributed by atoms with E-state index in [1.807, 2.05) is 49.6 Å². The molecule has 9 heteroatoms. The zero-order chi connectivity index (χ0) is 22.1. The van der Waals surface area contributed by atoms with Crippen LogP contribution in [0.5, 0.6) is 0 Å². The van der Waals surface area contributed by atoms with Crippen molar-refractivity contribution in [3.05, 3.63) is 84.4 Å². The van der Waals surface area contributed by atoms with E-state index in [1.54, 1.807) is 30.5 Å². The van der Waals surface area contributed by atoms with Crippen LogP contribution < -0.4 is 16.4 Å². The molecule has 5 rings (SSSR count). The van der Waals surface area contributed by atoms with Gasteiger partial charge in [-0.3, -0.25) is 9.20 Å². The van der Waals surface area contributed by atoms with Crippen LogP contribution in [-0.2, 0) is 0 Å². The predicted octanol–water partition coefficient (Wildman–Crippen LogP) is 4.74. The van der Waals surface area contributed by atoms with E-state index in [0.717, 1.165) is 32.7 Å². The van der Waals surface area contributed by atoms with Crippen molar-refractivity contribution >= 4 is 45.2 Å². The number of nitrogens with one attached hydrogen (secondary N) is 2. The van der Waals surface area contributed by atoms with Crippen molar-refractivity contribution in [3.8, 4) is 10.6 Å². The number of hydrogen-bond acceptors (Lipinski definition) is 7. The van der Waals surface area contributed by atoms with Gasteiger partial charge in [-0.15, -0.1) is 0 Å². The van der Waals surface area contributed by atoms with Crippen molar-refractivity contribution in [2.24, 2.45) is 0 Å². The average molecular weight is 442 g/mol. The van der Waals surface area contributed by atoms with Crippen LogP contribution in [0.3, 0.4) is 0 Å². The Morgan fingerprint density at radius 1 is 1.09 bits per heavy atom. The molecule has 1 amide bonds. The van der Waals surface area contributed by atoms with Crippen molar-refractivity contribution in [1.82, 2.24) is 19.4 Å². The number of amides is 1. The van der Waals surface area contributed by atoms with Gasteiger partial charge in [0.2, 0.25) is 0 Å². The average Bonchev–Trinajstić information content (AvgIpc) is 3.38. The summed E-state index contributed by atoms with van der Waals surface area (Å²) in [5, 5.41) is 6.79. The molecule has 0 fully saturated rings. The standard InChI is InChI=1S/C23H19N7OS/c1-14-20(30-11-3-2-9-19(30)27-14)18-13-26-23(32-18)28-16-7-4-6-15(12-16)22(31)29-17-8-5-10-25-21(17)24/h2-13H,1H3,(H2,24,25)(H,26,28)(H,29,31). The van der Waals surface area contributed by atoms with Gasteiger partial charge in [0.15, 0.2) is 5.13 Å². The van der Waals surface area contributed by atoms with Gasteiger partial charge in [-0.25, -0.2) is 15.0 Å². The highest BCUT2D eigenvalue weighted by atomic mass is 32.1. The number of benzene rings is 1. The highest BCUT2D eigenvalue weighted by Gasteiger charge is 2.14. The summed E-state index contributed by atoms with van der Waals surface area (Å²) in [7, 11) is 0. The molecule has 158 valence electrons. The zero-order valence-corrected chi connectivity index (χ0v) is 17.9. The molecule has 8 nitrogen and oxygen atoms in total. The summed E-state index contributed by atoms with van der Waals surface area (Å²) in [5.41, 5.74) is 10.4. The summed E-state index contributed by atoms with van der Waals surface area (Å²) in [5.74, 6) is 0.00247. The first-order valence-electron chi connectivity index (χ1n) is 9.87. The molecular weight excluding hydrogens is 422 g/mol. The molecule has 0 saturated heterocycles. The topological polar surface area (TPSA) is 110 Å². The Hall–Kier alpha value is -4.24. The third-order valence-electron chi connectivity index (χ3n) is 4.91. The van der Waals surface area contributed by atoms with E-state index >= 15 is 0 Å². The molecule has 0 saturated carbocycles. The van der Waals surface area contributed by atoms with Crippen molar-refractivity contribution < 1.29 is 4.79 Å². The maximum atomic E-state index is 12.6. The monoisotopic (exact) mass is 441 g/mol. The summed E-state index contributed by atoms with van der Waals surface area (Å²) >= 11 is 1.52. The highest BCUT2D eigenvalue weighted by molar-refractivity contribution is 7.18. The number of aryl methyl sites for hydroxylation is 1. The lowest BCUT2D eigenvalue weighted by Crippen LogP contribution is -2.13. The second-order valence-electron chi connectivity index (χ2n) is 7.10. The van der Waals surface area contributed by atoms with Crippen LogP contribution in [0.4, 0.5) is 22.3 Å². The molecule has 0 radical (unpaired) electrons. The molecule has 0 aliphatic heterocycles. The van der Waals surface area contributed by atoms with Crippen LogP contribution in [0.2, 0.25) is 0 Å². The molecule has 4 aromatic heterocycles. The van der Waals surface area contributed by atoms with Gasteiger partial charge in [0.1, 0.15) is 11.5 Å². The summed E-state index contributed by atoms with van der Waals surface area (Å²) < 4.78 is 2.06. The lowest BCUT2D eigenvalue weighted by molar-refractivity contribution is 0.102. The molecule has 0 aliphatic rings. The van der Waals surface area contributed by atoms with Crippen LogP contribution >= 0.6 is 11.3 Å². The van der Waals surface area contributed by atoms with Crippen LogP contribution in [0.25, 0.3) is 16.2 Å². The first-order chi connectivity index (χ1) is 15.6. The van der Waals surface area contributed by atoms with Crippen LogP contribution in [0, 0.1) is 6.92 Å². The normalized spacial score (nSPS) is 10.9. The van der Waals surface area contributed by atoms with Gasteiger partial charge in [-0.05, 0) is 49.4 Å². The Bertz CT molecular complexity index is 1440. The second kappa shape index (κ2) is 8.12. The lowest BCUT2D eigenvalue weighted by Gasteiger charge is -2.08. The number of pyridine rings is 2. The fourth-order valence-corrected chi connectivity index (χ4v) is 4.36. The molecular formula is C23H19N7OS. The number of rotatable bonds is 5. The quantitative estimate of drug-likeness (QED) is 0.363. The molecule has 4 heterocycles. The van der Waals surface area contributed by atoms with E-state index in [9.17, 15) is 4.79 Å². The van der Waals surface area contributed by atoms with Crippen molar-refractivity contribution in [2.75, 3.05) is 16.4 Å². The summed E-state index contributed by atoms with van der Waals surface area (Å²) in [6, 6.07) is 16.6. The Labute approximate surface area is 187 Å². The number of nitrogens with two attached hydrogens (primary N) is 1. The highest BCUT2D eigenvalue weighted by Crippen LogP contribution is 2.33. The summed E-state index contributed by atoms with van der Waals surface area (Å²) in [6.45, 7) is 1.99. The number of nitrogen functional groups attached to an aromatic ring is 1. The SMILES string of the molecule is Cc1nc2ccccn2c1-c1cnc(Nc2cccc(C(=O)Nc3cccnc3N)c2)s1. The van der Waals surface area contributed by atoms with Crippen LogP contribution in [-0.4, -0.2) is 25.3 Å². The third-order valence-corrected chi connectivity index (χ3v) is 5.83. The Morgan fingerprint density at radius 2 is 2.00 bits per heavy atom. The fraction of sp³-hybridized carbons (Fsp3) is 0.0435. The molecule has 4 N–H and O–H groups in total. The van der Waals surface area contributed by atoms with Gasteiger partial charge < -0.3 is 16.4 Å². The van der Waals surface area contributed by atoms with Crippen molar-refractivity contribution in [2.45, 2.75) is 6.92 Å². The Morgan fingerprint density at radius 3 is 2.88 bits per heavy atom. The lowest BCUT2D eigenvalue weighted by atomic mass is 10.2. The van der Waals surface area contributed by atoms with E-state index in [1.165, 1.54) is 11.3 Å². The number of hydrogen-bond donors (Lipinski definition) is 3. The number of fused-ring (bicyclic) bond motifs is 1. The minimum Gasteiger partial charge on any atom is -0.382 e. The maximum absolute atomic E-state index is 12.6. The summed E-state index contributed by atoms with van der Waals surface area (Å²) in [4.78, 5) is 26.8. The van der Waals surface area contributed by atoms with Gasteiger partial charge in [-0.1, -0.05) is 23.5 Å². The van der Waals surface area contributed by atoms with Gasteiger partial charge >= 0.3 is 0 Å². The molecule has 0 aliphatic carbocycles. The molecule has 0 atom stereocenters. The van der Waals surface area contributed by atoms with E-state index < -0.39 is 0 Å². The molecule has 32 heavy (non-hydrogen) atoms. The minimum absolute atomic E-state index is 0.269. The molecule has 5 aromatic rings. The smallest absolute Gasteiger partial charge is 0.255 e. The second-order valence-corrected chi connectivity index (χ2v) is 8.13. The van der Waals surface area contributed by atoms with Gasteiger partial charge in [0, 0.05) is 29.8 Å². The molecule has 0 spiro atoms. The van der Waals surface area contributed by atoms with E-state index in [0.29, 0.717) is 11.3 Å². The van der Waals surface area contributed by atoms with Gasteiger partial charge in [-0.2, -0.15) is 0 Å². The minimum atomic E-state index is -0.269. The molecule has 1 aromatic carbocycles. The zero-order valence-electron chi connectivity index (χ0n) is 17.1. The number of carbonyl (C=O) groups is 1. The number of carbonyl (C=O) groups excluding carboxylic acids is 1. The largest absolute Gasteiger partial charge is 0.382 e. The fourth-order valence-electron chi connectivity index (χ4n) is 3.43. The number of aromatic nitrogens is 4. The van der Waals surface area contributed by atoms with Gasteiger partial charge in [0.25, 0.3) is 5.91 Å². The van der Waals surface area contributed by atoms with Crippen LogP contribution in [0.1, 0.15) is 16.1 Å². The summed E-state index contributed by atoms with van der Waals surface area (Å²) in [6.07, 6.45) is 5.40. The Kier molecular flexibility index (Phi) is 5.00. The van der Waals surface area contributed by atoms with E-state index in [2.05, 4.69) is 30.0 Å². The number of nitrogens with zero attached hydrogens (tertiary/aromatic N) is 4. The Balaban J connectivity index is 1.37. The van der Waals surface area contributed by atoms with Crippen molar-refractivity contribution in [3.63, 3.8) is 0 Å². The first kappa shape index (κ1) is 19.7. The number of thiazole rings is 1.